The van der Waals surface area contributed by atoms with Crippen molar-refractivity contribution in [3.05, 3.63) is 0 Å². The first-order valence-corrected chi connectivity index (χ1v) is 4.46. The number of halogens is 1. The van der Waals surface area contributed by atoms with Crippen LogP contribution in [-0.2, 0) is 9.31 Å². The van der Waals surface area contributed by atoms with Gasteiger partial charge in [-0.05, 0) is 27.7 Å². The number of hydrogen-bond acceptors (Lipinski definition) is 2. The maximum Gasteiger partial charge on any atom is 0.472 e. The lowest BCUT2D eigenvalue weighted by atomic mass is 9.93. The van der Waals surface area contributed by atoms with E-state index in [1.807, 2.05) is 27.7 Å². The lowest BCUT2D eigenvalue weighted by Crippen LogP contribution is -2.31. The third kappa shape index (κ3) is 6.66. The summed E-state index contributed by atoms with van der Waals surface area (Å²) in [5, 5.41) is 0. The molecule has 0 bridgehead atoms. The molecule has 0 aromatic rings. The Kier molecular flexibility index (Phi) is 6.01. The SMILES string of the molecule is CC(C)OB(CCl)OC(C)C. The Morgan fingerprint density at radius 2 is 1.45 bits per heavy atom. The minimum absolute atomic E-state index is 0.164. The molecule has 0 heterocycles. The van der Waals surface area contributed by atoms with Gasteiger partial charge in [0, 0.05) is 12.2 Å². The van der Waals surface area contributed by atoms with Gasteiger partial charge in [0.05, 0.1) is 5.78 Å². The zero-order chi connectivity index (χ0) is 8.85. The standard InChI is InChI=1S/C7H16BClO2/c1-6(2)10-8(5-9)11-7(3)4/h6-7H,5H2,1-4H3. The molecule has 0 aliphatic heterocycles. The van der Waals surface area contributed by atoms with Crippen LogP contribution in [-0.4, -0.2) is 25.1 Å². The normalized spacial score (nSPS) is 11.2. The van der Waals surface area contributed by atoms with Gasteiger partial charge in [-0.15, -0.1) is 11.6 Å². The molecule has 0 rings (SSSR count). The summed E-state index contributed by atoms with van der Waals surface area (Å²) < 4.78 is 10.7. The van der Waals surface area contributed by atoms with E-state index in [0.717, 1.165) is 0 Å². The molecule has 0 saturated heterocycles. The molecule has 2 nitrogen and oxygen atoms in total. The molecular weight excluding hydrogens is 162 g/mol. The second-order valence-corrected chi connectivity index (χ2v) is 3.26. The highest BCUT2D eigenvalue weighted by molar-refractivity contribution is 6.56. The van der Waals surface area contributed by atoms with E-state index in [2.05, 4.69) is 0 Å². The van der Waals surface area contributed by atoms with E-state index >= 15 is 0 Å². The molecule has 0 N–H and O–H groups in total. The Hall–Kier alpha value is 0.275. The van der Waals surface area contributed by atoms with Gasteiger partial charge in [-0.2, -0.15) is 0 Å². The molecule has 0 unspecified atom stereocenters. The van der Waals surface area contributed by atoms with Crippen LogP contribution in [0.5, 0.6) is 0 Å². The van der Waals surface area contributed by atoms with Crippen LogP contribution in [0, 0.1) is 0 Å². The van der Waals surface area contributed by atoms with E-state index in [4.69, 9.17) is 20.9 Å². The maximum absolute atomic E-state index is 5.61. The first kappa shape index (κ1) is 11.3. The van der Waals surface area contributed by atoms with Gasteiger partial charge >= 0.3 is 7.12 Å². The quantitative estimate of drug-likeness (QED) is 0.474. The van der Waals surface area contributed by atoms with E-state index in [-0.39, 0.29) is 19.3 Å². The average Bonchev–Trinajstić information content (AvgIpc) is 1.84. The fraction of sp³-hybridized carbons (Fsp3) is 1.00. The molecular formula is C7H16BClO2. The Labute approximate surface area is 74.4 Å². The van der Waals surface area contributed by atoms with Crippen molar-refractivity contribution in [3.63, 3.8) is 0 Å². The van der Waals surface area contributed by atoms with E-state index in [1.54, 1.807) is 0 Å². The van der Waals surface area contributed by atoms with Crippen molar-refractivity contribution in [2.45, 2.75) is 39.9 Å². The second kappa shape index (κ2) is 5.87. The van der Waals surface area contributed by atoms with Crippen molar-refractivity contribution in [2.75, 3.05) is 5.78 Å². The van der Waals surface area contributed by atoms with Gasteiger partial charge in [0.25, 0.3) is 0 Å². The largest absolute Gasteiger partial charge is 0.472 e. The van der Waals surface area contributed by atoms with Crippen LogP contribution in [0.1, 0.15) is 27.7 Å². The molecule has 0 radical (unpaired) electrons. The molecule has 0 atom stereocenters. The van der Waals surface area contributed by atoms with Gasteiger partial charge in [-0.3, -0.25) is 0 Å². The van der Waals surface area contributed by atoms with Crippen LogP contribution >= 0.6 is 11.6 Å². The third-order valence-electron chi connectivity index (χ3n) is 0.974. The fourth-order valence-electron chi connectivity index (χ4n) is 0.712. The molecule has 0 amide bonds. The molecule has 4 heteroatoms. The van der Waals surface area contributed by atoms with E-state index in [9.17, 15) is 0 Å². The van der Waals surface area contributed by atoms with E-state index < -0.39 is 0 Å². The Bertz CT molecular complexity index is 88.4. The number of alkyl halides is 1. The van der Waals surface area contributed by atoms with Crippen LogP contribution < -0.4 is 0 Å². The zero-order valence-corrected chi connectivity index (χ0v) is 8.39. The molecule has 0 aliphatic carbocycles. The minimum atomic E-state index is -0.267. The van der Waals surface area contributed by atoms with Crippen molar-refractivity contribution < 1.29 is 9.31 Å². The summed E-state index contributed by atoms with van der Waals surface area (Å²) in [5.41, 5.74) is 0. The minimum Gasteiger partial charge on any atom is -0.408 e. The van der Waals surface area contributed by atoms with Gasteiger partial charge in [0.15, 0.2) is 0 Å². The molecule has 0 aromatic heterocycles. The van der Waals surface area contributed by atoms with Crippen LogP contribution in [0.3, 0.4) is 0 Å². The molecule has 0 aliphatic rings. The fourth-order valence-corrected chi connectivity index (χ4v) is 0.857. The highest BCUT2D eigenvalue weighted by Gasteiger charge is 2.19. The lowest BCUT2D eigenvalue weighted by Gasteiger charge is -2.17. The average molecular weight is 178 g/mol. The summed E-state index contributed by atoms with van der Waals surface area (Å²) in [4.78, 5) is 0. The van der Waals surface area contributed by atoms with Gasteiger partial charge in [0.1, 0.15) is 0 Å². The van der Waals surface area contributed by atoms with Crippen LogP contribution in [0.2, 0.25) is 0 Å². The molecule has 11 heavy (non-hydrogen) atoms. The van der Waals surface area contributed by atoms with Crippen molar-refractivity contribution >= 4 is 18.7 Å². The summed E-state index contributed by atoms with van der Waals surface area (Å²) in [6.07, 6.45) is 0.329. The highest BCUT2D eigenvalue weighted by atomic mass is 35.5. The van der Waals surface area contributed by atoms with E-state index in [0.29, 0.717) is 5.78 Å². The summed E-state index contributed by atoms with van der Waals surface area (Å²) in [7, 11) is -0.267. The van der Waals surface area contributed by atoms with Gasteiger partial charge in [-0.25, -0.2) is 0 Å². The van der Waals surface area contributed by atoms with E-state index in [1.165, 1.54) is 0 Å². The number of hydrogen-bond donors (Lipinski definition) is 0. The molecule has 66 valence electrons. The number of rotatable bonds is 5. The van der Waals surface area contributed by atoms with Crippen LogP contribution in [0.25, 0.3) is 0 Å². The summed E-state index contributed by atoms with van der Waals surface area (Å²) in [5.74, 6) is 0.385. The molecule has 0 saturated carbocycles. The topological polar surface area (TPSA) is 18.5 Å². The smallest absolute Gasteiger partial charge is 0.408 e. The van der Waals surface area contributed by atoms with Crippen molar-refractivity contribution in [1.29, 1.82) is 0 Å². The predicted octanol–water partition coefficient (Wildman–Crippen LogP) is 2.10. The zero-order valence-electron chi connectivity index (χ0n) is 7.63. The summed E-state index contributed by atoms with van der Waals surface area (Å²) in [6.45, 7) is 7.85. The van der Waals surface area contributed by atoms with Gasteiger partial charge in [0.2, 0.25) is 0 Å². The maximum atomic E-state index is 5.61. The molecule has 0 fully saturated rings. The third-order valence-corrected chi connectivity index (χ3v) is 1.23. The molecule has 0 spiro atoms. The van der Waals surface area contributed by atoms with Crippen molar-refractivity contribution in [1.82, 2.24) is 0 Å². The summed E-state index contributed by atoms with van der Waals surface area (Å²) >= 11 is 5.61. The Morgan fingerprint density at radius 3 is 1.64 bits per heavy atom. The van der Waals surface area contributed by atoms with Gasteiger partial charge in [-0.1, -0.05) is 0 Å². The first-order valence-electron chi connectivity index (χ1n) is 3.93. The van der Waals surface area contributed by atoms with Crippen LogP contribution in [0.15, 0.2) is 0 Å². The lowest BCUT2D eigenvalue weighted by molar-refractivity contribution is 0.133. The first-order chi connectivity index (χ1) is 5.06. The van der Waals surface area contributed by atoms with Gasteiger partial charge < -0.3 is 9.31 Å². The Morgan fingerprint density at radius 1 is 1.09 bits per heavy atom. The molecule has 0 aromatic carbocycles. The van der Waals surface area contributed by atoms with Crippen LogP contribution in [0.4, 0.5) is 0 Å². The highest BCUT2D eigenvalue weighted by Crippen LogP contribution is 2.01. The van der Waals surface area contributed by atoms with Crippen molar-refractivity contribution in [2.24, 2.45) is 0 Å². The predicted molar refractivity (Wildman–Crippen MR) is 48.9 cm³/mol. The second-order valence-electron chi connectivity index (χ2n) is 2.95. The summed E-state index contributed by atoms with van der Waals surface area (Å²) in [6, 6.07) is 0. The van der Waals surface area contributed by atoms with Crippen molar-refractivity contribution in [3.8, 4) is 0 Å². The monoisotopic (exact) mass is 178 g/mol. The Balaban J connectivity index is 3.58.